The normalized spacial score (nSPS) is 31.2. The largest absolute Gasteiger partial charge is 0.516 e. The van der Waals surface area contributed by atoms with Crippen LogP contribution in [0.15, 0.2) is 12.4 Å². The Kier molecular flexibility index (Phi) is 2.69. The Balaban J connectivity index is 1.55. The van der Waals surface area contributed by atoms with Gasteiger partial charge in [0.2, 0.25) is 0 Å². The number of aromatic nitrogens is 2. The number of H-pyrrole nitrogens is 1. The van der Waals surface area contributed by atoms with Crippen molar-refractivity contribution in [3.8, 4) is 6.01 Å². The second kappa shape index (κ2) is 4.34. The molecule has 2 aliphatic rings. The molecule has 3 rings (SSSR count). The zero-order valence-corrected chi connectivity index (χ0v) is 9.00. The van der Waals surface area contributed by atoms with Crippen molar-refractivity contribution in [3.63, 3.8) is 0 Å². The van der Waals surface area contributed by atoms with Crippen LogP contribution in [0.25, 0.3) is 0 Å². The molecule has 0 aromatic carbocycles. The first-order chi connectivity index (χ1) is 8.33. The number of fused-ring (bicyclic) bond motifs is 1. The van der Waals surface area contributed by atoms with E-state index in [1.165, 1.54) is 6.20 Å². The van der Waals surface area contributed by atoms with Crippen molar-refractivity contribution >= 4 is 6.16 Å². The van der Waals surface area contributed by atoms with Crippen LogP contribution in [0, 0.1) is 5.92 Å². The Morgan fingerprint density at radius 2 is 2.47 bits per heavy atom. The minimum absolute atomic E-state index is 0.110. The number of hydrogen-bond donors (Lipinski definition) is 1. The zero-order valence-electron chi connectivity index (χ0n) is 9.00. The third kappa shape index (κ3) is 2.11. The number of nitrogens with one attached hydrogen (secondary N) is 1. The molecular weight excluding hydrogens is 228 g/mol. The number of carbonyl (C=O) groups excluding carboxylic acids is 1. The third-order valence-electron chi connectivity index (χ3n) is 2.89. The molecule has 1 aromatic heterocycles. The van der Waals surface area contributed by atoms with Crippen molar-refractivity contribution < 1.29 is 23.7 Å². The van der Waals surface area contributed by atoms with Gasteiger partial charge >= 0.3 is 12.2 Å². The van der Waals surface area contributed by atoms with E-state index in [-0.39, 0.29) is 24.3 Å². The first kappa shape index (κ1) is 10.5. The van der Waals surface area contributed by atoms with E-state index in [4.69, 9.17) is 18.9 Å². The highest BCUT2D eigenvalue weighted by Gasteiger charge is 2.44. The van der Waals surface area contributed by atoms with Crippen molar-refractivity contribution in [1.29, 1.82) is 0 Å². The van der Waals surface area contributed by atoms with Crippen LogP contribution in [0.2, 0.25) is 0 Å². The maximum Gasteiger partial charge on any atom is 0.516 e. The van der Waals surface area contributed by atoms with Gasteiger partial charge in [-0.2, -0.15) is 0 Å². The maximum absolute atomic E-state index is 11.5. The van der Waals surface area contributed by atoms with Crippen LogP contribution in [-0.2, 0) is 14.2 Å². The van der Waals surface area contributed by atoms with Gasteiger partial charge in [-0.15, -0.1) is 0 Å². The Bertz CT molecular complexity index is 393. The maximum atomic E-state index is 11.5. The Morgan fingerprint density at radius 3 is 3.29 bits per heavy atom. The minimum Gasteiger partial charge on any atom is -0.428 e. The first-order valence-electron chi connectivity index (χ1n) is 5.44. The Hall–Kier alpha value is -1.60. The lowest BCUT2D eigenvalue weighted by molar-refractivity contribution is -0.0907. The summed E-state index contributed by atoms with van der Waals surface area (Å²) in [5, 5.41) is 0. The average Bonchev–Trinajstić information content (AvgIpc) is 2.97. The van der Waals surface area contributed by atoms with Gasteiger partial charge in [-0.25, -0.2) is 9.78 Å². The van der Waals surface area contributed by atoms with E-state index < -0.39 is 6.16 Å². The number of hydrogen-bond acceptors (Lipinski definition) is 6. The van der Waals surface area contributed by atoms with Gasteiger partial charge in [0.05, 0.1) is 19.1 Å². The van der Waals surface area contributed by atoms with Crippen LogP contribution in [-0.4, -0.2) is 41.7 Å². The lowest BCUT2D eigenvalue weighted by Crippen LogP contribution is -2.28. The molecule has 92 valence electrons. The van der Waals surface area contributed by atoms with Gasteiger partial charge in [0, 0.05) is 12.4 Å². The molecule has 2 saturated heterocycles. The van der Waals surface area contributed by atoms with Gasteiger partial charge in [-0.3, -0.25) is 0 Å². The van der Waals surface area contributed by atoms with E-state index in [9.17, 15) is 4.79 Å². The lowest BCUT2D eigenvalue weighted by atomic mass is 10.0. The molecule has 0 saturated carbocycles. The third-order valence-corrected chi connectivity index (χ3v) is 2.89. The molecule has 2 fully saturated rings. The van der Waals surface area contributed by atoms with Crippen LogP contribution >= 0.6 is 0 Å². The van der Waals surface area contributed by atoms with Crippen LogP contribution in [0.4, 0.5) is 4.79 Å². The fourth-order valence-electron chi connectivity index (χ4n) is 2.08. The molecule has 0 bridgehead atoms. The standard InChI is InChI=1S/C10H12N2O5/c13-10(17-9-11-2-3-12-9)16-7-5-15-8-6(7)1-4-14-8/h2-3,6-8H,1,4-5H2,(H,11,12). The highest BCUT2D eigenvalue weighted by molar-refractivity contribution is 5.62. The van der Waals surface area contributed by atoms with E-state index in [1.54, 1.807) is 6.20 Å². The second-order valence-electron chi connectivity index (χ2n) is 3.93. The van der Waals surface area contributed by atoms with E-state index in [0.717, 1.165) is 6.42 Å². The van der Waals surface area contributed by atoms with E-state index in [1.807, 2.05) is 0 Å². The number of nitrogens with zero attached hydrogens (tertiary/aromatic N) is 1. The monoisotopic (exact) mass is 240 g/mol. The molecule has 7 nitrogen and oxygen atoms in total. The summed E-state index contributed by atoms with van der Waals surface area (Å²) in [7, 11) is 0. The molecule has 2 aliphatic heterocycles. The van der Waals surface area contributed by atoms with Crippen LogP contribution < -0.4 is 4.74 Å². The zero-order chi connectivity index (χ0) is 11.7. The lowest BCUT2D eigenvalue weighted by Gasteiger charge is -2.14. The molecule has 0 spiro atoms. The van der Waals surface area contributed by atoms with Gasteiger partial charge in [-0.05, 0) is 6.42 Å². The molecule has 1 aromatic rings. The summed E-state index contributed by atoms with van der Waals surface area (Å²) in [4.78, 5) is 17.9. The first-order valence-corrected chi connectivity index (χ1v) is 5.44. The SMILES string of the molecule is O=C(Oc1ncc[nH]1)OC1COC2OCCC12. The molecule has 0 aliphatic carbocycles. The number of imidazole rings is 1. The molecular formula is C10H12N2O5. The van der Waals surface area contributed by atoms with Gasteiger partial charge in [0.15, 0.2) is 6.29 Å². The topological polar surface area (TPSA) is 82.7 Å². The number of ether oxygens (including phenoxy) is 4. The summed E-state index contributed by atoms with van der Waals surface area (Å²) in [6.45, 7) is 0.991. The van der Waals surface area contributed by atoms with Gasteiger partial charge in [-0.1, -0.05) is 0 Å². The van der Waals surface area contributed by atoms with Crippen LogP contribution in [0.1, 0.15) is 6.42 Å². The summed E-state index contributed by atoms with van der Waals surface area (Å²) < 4.78 is 20.7. The summed E-state index contributed by atoms with van der Waals surface area (Å²) >= 11 is 0. The molecule has 7 heteroatoms. The second-order valence-corrected chi connectivity index (χ2v) is 3.93. The smallest absolute Gasteiger partial charge is 0.428 e. The summed E-state index contributed by atoms with van der Waals surface area (Å²) in [6.07, 6.45) is 2.57. The number of rotatable bonds is 2. The molecule has 0 amide bonds. The Morgan fingerprint density at radius 1 is 1.53 bits per heavy atom. The van der Waals surface area contributed by atoms with Crippen LogP contribution in [0.5, 0.6) is 6.01 Å². The van der Waals surface area contributed by atoms with Crippen molar-refractivity contribution in [3.05, 3.63) is 12.4 Å². The molecule has 0 radical (unpaired) electrons. The van der Waals surface area contributed by atoms with Crippen molar-refractivity contribution in [2.24, 2.45) is 5.92 Å². The minimum atomic E-state index is -0.777. The Labute approximate surface area is 97.0 Å². The fraction of sp³-hybridized carbons (Fsp3) is 0.600. The summed E-state index contributed by atoms with van der Waals surface area (Å²) in [5.74, 6) is 0.110. The average molecular weight is 240 g/mol. The summed E-state index contributed by atoms with van der Waals surface area (Å²) in [5.41, 5.74) is 0. The van der Waals surface area contributed by atoms with E-state index in [0.29, 0.717) is 13.2 Å². The van der Waals surface area contributed by atoms with Crippen LogP contribution in [0.3, 0.4) is 0 Å². The van der Waals surface area contributed by atoms with Gasteiger partial charge in [0.25, 0.3) is 0 Å². The number of aromatic amines is 1. The van der Waals surface area contributed by atoms with Crippen molar-refractivity contribution in [1.82, 2.24) is 9.97 Å². The van der Waals surface area contributed by atoms with Crippen molar-refractivity contribution in [2.75, 3.05) is 13.2 Å². The highest BCUT2D eigenvalue weighted by Crippen LogP contribution is 2.33. The predicted octanol–water partition coefficient (Wildman–Crippen LogP) is 0.686. The predicted molar refractivity (Wildman–Crippen MR) is 53.3 cm³/mol. The quantitative estimate of drug-likeness (QED) is 0.765. The molecule has 17 heavy (non-hydrogen) atoms. The van der Waals surface area contributed by atoms with E-state index in [2.05, 4.69) is 9.97 Å². The van der Waals surface area contributed by atoms with Gasteiger partial charge < -0.3 is 23.9 Å². The fourth-order valence-corrected chi connectivity index (χ4v) is 2.08. The molecule has 3 atom stereocenters. The highest BCUT2D eigenvalue weighted by atomic mass is 16.8. The van der Waals surface area contributed by atoms with Crippen molar-refractivity contribution in [2.45, 2.75) is 18.8 Å². The molecule has 3 heterocycles. The molecule has 1 N–H and O–H groups in total. The van der Waals surface area contributed by atoms with Gasteiger partial charge in [0.1, 0.15) is 6.10 Å². The van der Waals surface area contributed by atoms with E-state index >= 15 is 0 Å². The molecule has 3 unspecified atom stereocenters. The number of carbonyl (C=O) groups is 1. The summed E-state index contributed by atoms with van der Waals surface area (Å²) in [6, 6.07) is 0.119.